The zero-order valence-corrected chi connectivity index (χ0v) is 13.1. The molecule has 1 aliphatic heterocycles. The lowest BCUT2D eigenvalue weighted by Crippen LogP contribution is -2.34. The van der Waals surface area contributed by atoms with Crippen molar-refractivity contribution in [2.45, 2.75) is 45.2 Å². The number of nitrogens with zero attached hydrogens (tertiary/aromatic N) is 5. The summed E-state index contributed by atoms with van der Waals surface area (Å²) in [5.74, 6) is 1.06. The second kappa shape index (κ2) is 5.93. The molecule has 0 N–H and O–H groups in total. The van der Waals surface area contributed by atoms with Gasteiger partial charge in [-0.25, -0.2) is 4.68 Å². The van der Waals surface area contributed by atoms with Crippen LogP contribution in [0.15, 0.2) is 17.5 Å². The van der Waals surface area contributed by atoms with Crippen LogP contribution in [0.4, 0.5) is 0 Å². The van der Waals surface area contributed by atoms with E-state index in [1.807, 2.05) is 24.8 Å². The highest BCUT2D eigenvalue weighted by molar-refractivity contribution is 7.10. The number of thiophene rings is 1. The Morgan fingerprint density at radius 3 is 3.10 bits per heavy atom. The number of hydrogen-bond donors (Lipinski definition) is 0. The zero-order chi connectivity index (χ0) is 14.8. The first-order valence-electron chi connectivity index (χ1n) is 7.25. The van der Waals surface area contributed by atoms with Crippen molar-refractivity contribution in [2.75, 3.05) is 6.54 Å². The van der Waals surface area contributed by atoms with Crippen LogP contribution in [0.1, 0.15) is 49.4 Å². The Labute approximate surface area is 127 Å². The SMILES string of the molecule is CC(C)c1nnnn1CC(=O)N1CCCC1c1cccs1. The van der Waals surface area contributed by atoms with E-state index in [0.29, 0.717) is 0 Å². The van der Waals surface area contributed by atoms with Crippen molar-refractivity contribution in [1.29, 1.82) is 0 Å². The largest absolute Gasteiger partial charge is 0.333 e. The Morgan fingerprint density at radius 2 is 2.38 bits per heavy atom. The quantitative estimate of drug-likeness (QED) is 0.869. The summed E-state index contributed by atoms with van der Waals surface area (Å²) in [4.78, 5) is 15.8. The lowest BCUT2D eigenvalue weighted by molar-refractivity contribution is -0.133. The highest BCUT2D eigenvalue weighted by Gasteiger charge is 2.31. The predicted octanol–water partition coefficient (Wildman–Crippen LogP) is 2.22. The van der Waals surface area contributed by atoms with Gasteiger partial charge in [0.1, 0.15) is 6.54 Å². The molecule has 1 aliphatic rings. The highest BCUT2D eigenvalue weighted by Crippen LogP contribution is 2.34. The number of aromatic nitrogens is 4. The first kappa shape index (κ1) is 14.2. The molecule has 1 amide bonds. The summed E-state index contributed by atoms with van der Waals surface area (Å²) in [7, 11) is 0. The van der Waals surface area contributed by atoms with Crippen LogP contribution >= 0.6 is 11.3 Å². The maximum atomic E-state index is 12.6. The van der Waals surface area contributed by atoms with Crippen LogP contribution in [0.2, 0.25) is 0 Å². The maximum absolute atomic E-state index is 12.6. The number of rotatable bonds is 4. The van der Waals surface area contributed by atoms with E-state index < -0.39 is 0 Å². The molecule has 21 heavy (non-hydrogen) atoms. The molecule has 0 saturated carbocycles. The van der Waals surface area contributed by atoms with Crippen molar-refractivity contribution in [3.63, 3.8) is 0 Å². The van der Waals surface area contributed by atoms with Crippen LogP contribution < -0.4 is 0 Å². The molecule has 3 heterocycles. The molecular formula is C14H19N5OS. The van der Waals surface area contributed by atoms with Gasteiger partial charge in [-0.15, -0.1) is 16.4 Å². The minimum Gasteiger partial charge on any atom is -0.333 e. The Balaban J connectivity index is 1.74. The molecule has 1 saturated heterocycles. The van der Waals surface area contributed by atoms with Gasteiger partial charge in [0.05, 0.1) is 6.04 Å². The fourth-order valence-electron chi connectivity index (χ4n) is 2.80. The van der Waals surface area contributed by atoms with E-state index in [-0.39, 0.29) is 24.4 Å². The summed E-state index contributed by atoms with van der Waals surface area (Å²) < 4.78 is 1.62. The van der Waals surface area contributed by atoms with Crippen LogP contribution in [0.3, 0.4) is 0 Å². The van der Waals surface area contributed by atoms with E-state index in [1.54, 1.807) is 16.0 Å². The molecule has 2 aromatic rings. The fraction of sp³-hybridized carbons (Fsp3) is 0.571. The summed E-state index contributed by atoms with van der Waals surface area (Å²) in [5.41, 5.74) is 0. The minimum atomic E-state index is 0.0973. The summed E-state index contributed by atoms with van der Waals surface area (Å²) in [6.45, 7) is 5.09. The van der Waals surface area contributed by atoms with Crippen molar-refractivity contribution < 1.29 is 4.79 Å². The van der Waals surface area contributed by atoms with E-state index in [0.717, 1.165) is 25.2 Å². The maximum Gasteiger partial charge on any atom is 0.244 e. The fourth-order valence-corrected chi connectivity index (χ4v) is 3.67. The summed E-state index contributed by atoms with van der Waals surface area (Å²) in [5, 5.41) is 13.7. The predicted molar refractivity (Wildman–Crippen MR) is 79.9 cm³/mol. The van der Waals surface area contributed by atoms with E-state index >= 15 is 0 Å². The van der Waals surface area contributed by atoms with Gasteiger partial charge in [-0.2, -0.15) is 0 Å². The molecule has 0 aromatic carbocycles. The number of amides is 1. The third kappa shape index (κ3) is 2.83. The number of hydrogen-bond acceptors (Lipinski definition) is 5. The Kier molecular flexibility index (Phi) is 4.01. The number of tetrazole rings is 1. The topological polar surface area (TPSA) is 63.9 Å². The molecule has 6 nitrogen and oxygen atoms in total. The van der Waals surface area contributed by atoms with Crippen molar-refractivity contribution in [2.24, 2.45) is 0 Å². The van der Waals surface area contributed by atoms with Gasteiger partial charge < -0.3 is 4.90 Å². The average Bonchev–Trinajstić information content (AvgIpc) is 3.19. The van der Waals surface area contributed by atoms with Gasteiger partial charge in [0.25, 0.3) is 0 Å². The summed E-state index contributed by atoms with van der Waals surface area (Å²) >= 11 is 1.72. The minimum absolute atomic E-state index is 0.0973. The van der Waals surface area contributed by atoms with Crippen molar-refractivity contribution in [3.8, 4) is 0 Å². The summed E-state index contributed by atoms with van der Waals surface area (Å²) in [6, 6.07) is 4.37. The Morgan fingerprint density at radius 1 is 1.52 bits per heavy atom. The molecule has 0 radical (unpaired) electrons. The van der Waals surface area contributed by atoms with Gasteiger partial charge in [-0.1, -0.05) is 19.9 Å². The molecular weight excluding hydrogens is 286 g/mol. The van der Waals surface area contributed by atoms with Crippen molar-refractivity contribution in [3.05, 3.63) is 28.2 Å². The van der Waals surface area contributed by atoms with Gasteiger partial charge >= 0.3 is 0 Å². The zero-order valence-electron chi connectivity index (χ0n) is 12.3. The van der Waals surface area contributed by atoms with Gasteiger partial charge in [0.15, 0.2) is 5.82 Å². The molecule has 7 heteroatoms. The molecule has 3 rings (SSSR count). The molecule has 1 atom stereocenters. The first-order valence-corrected chi connectivity index (χ1v) is 8.13. The lowest BCUT2D eigenvalue weighted by atomic mass is 10.2. The normalized spacial score (nSPS) is 18.6. The van der Waals surface area contributed by atoms with Gasteiger partial charge in [-0.3, -0.25) is 4.79 Å². The van der Waals surface area contributed by atoms with Crippen molar-refractivity contribution in [1.82, 2.24) is 25.1 Å². The van der Waals surface area contributed by atoms with E-state index in [9.17, 15) is 4.79 Å². The van der Waals surface area contributed by atoms with Crippen LogP contribution in [-0.4, -0.2) is 37.6 Å². The number of likely N-dealkylation sites (tertiary alicyclic amines) is 1. The van der Waals surface area contributed by atoms with Crippen molar-refractivity contribution >= 4 is 17.2 Å². The highest BCUT2D eigenvalue weighted by atomic mass is 32.1. The van der Waals surface area contributed by atoms with Crippen LogP contribution in [-0.2, 0) is 11.3 Å². The van der Waals surface area contributed by atoms with E-state index in [2.05, 4.69) is 27.0 Å². The van der Waals surface area contributed by atoms with Crippen LogP contribution in [0.25, 0.3) is 0 Å². The monoisotopic (exact) mass is 305 g/mol. The number of carbonyl (C=O) groups excluding carboxylic acids is 1. The molecule has 112 valence electrons. The molecule has 2 aromatic heterocycles. The molecule has 0 aliphatic carbocycles. The smallest absolute Gasteiger partial charge is 0.244 e. The molecule has 1 unspecified atom stereocenters. The van der Waals surface area contributed by atoms with Crippen LogP contribution in [0, 0.1) is 0 Å². The third-order valence-electron chi connectivity index (χ3n) is 3.81. The second-order valence-corrected chi connectivity index (χ2v) is 6.59. The second-order valence-electron chi connectivity index (χ2n) is 5.61. The van der Waals surface area contributed by atoms with Gasteiger partial charge in [0.2, 0.25) is 5.91 Å². The van der Waals surface area contributed by atoms with Gasteiger partial charge in [0, 0.05) is 17.3 Å². The number of carbonyl (C=O) groups is 1. The first-order chi connectivity index (χ1) is 10.2. The van der Waals surface area contributed by atoms with Gasteiger partial charge in [-0.05, 0) is 34.7 Å². The summed E-state index contributed by atoms with van der Waals surface area (Å²) in [6.07, 6.45) is 2.10. The standard InChI is InChI=1S/C14H19N5OS/c1-10(2)14-15-16-17-19(14)9-13(20)18-7-3-5-11(18)12-6-4-8-21-12/h4,6,8,10-11H,3,5,7,9H2,1-2H3. The molecule has 1 fully saturated rings. The molecule has 0 bridgehead atoms. The lowest BCUT2D eigenvalue weighted by Gasteiger charge is -2.24. The van der Waals surface area contributed by atoms with Crippen LogP contribution in [0.5, 0.6) is 0 Å². The van der Waals surface area contributed by atoms with E-state index in [4.69, 9.17) is 0 Å². The third-order valence-corrected chi connectivity index (χ3v) is 4.78. The Bertz CT molecular complexity index is 607. The molecule has 0 spiro atoms. The average molecular weight is 305 g/mol. The van der Waals surface area contributed by atoms with E-state index in [1.165, 1.54) is 4.88 Å². The Hall–Kier alpha value is -1.76.